The Morgan fingerprint density at radius 1 is 1.24 bits per heavy atom. The molecule has 3 N–H and O–H groups in total. The molecule has 0 saturated heterocycles. The van der Waals surface area contributed by atoms with Gasteiger partial charge in [-0.05, 0) is 30.9 Å². The van der Waals surface area contributed by atoms with Crippen LogP contribution in [0.2, 0.25) is 0 Å². The predicted molar refractivity (Wildman–Crippen MR) is 106 cm³/mol. The molecule has 1 aromatic rings. The Labute approximate surface area is 153 Å². The second-order valence-electron chi connectivity index (χ2n) is 6.64. The Bertz CT molecular complexity index is 669. The Balaban J connectivity index is 1.61. The third-order valence-electron chi connectivity index (χ3n) is 4.74. The maximum atomic E-state index is 11.4. The van der Waals surface area contributed by atoms with Gasteiger partial charge in [0.1, 0.15) is 0 Å². The number of carbonyl (C=O) groups is 1. The summed E-state index contributed by atoms with van der Waals surface area (Å²) in [5.74, 6) is 0.692. The summed E-state index contributed by atoms with van der Waals surface area (Å²) in [6, 6.07) is 8.27. The van der Waals surface area contributed by atoms with Crippen molar-refractivity contribution in [3.63, 3.8) is 0 Å². The van der Waals surface area contributed by atoms with Gasteiger partial charge in [0.2, 0.25) is 5.91 Å². The summed E-state index contributed by atoms with van der Waals surface area (Å²) in [5, 5.41) is 5.88. The lowest BCUT2D eigenvalue weighted by Gasteiger charge is -2.27. The maximum Gasteiger partial charge on any atom is 0.224 e. The van der Waals surface area contributed by atoms with Crippen LogP contribution in [0.3, 0.4) is 0 Å². The number of amides is 1. The number of amidine groups is 1. The summed E-state index contributed by atoms with van der Waals surface area (Å²) in [4.78, 5) is 16.3. The van der Waals surface area contributed by atoms with Gasteiger partial charge in [-0.25, -0.2) is 0 Å². The molecule has 1 fully saturated rings. The summed E-state index contributed by atoms with van der Waals surface area (Å²) in [5.41, 5.74) is 9.35. The molecular formula is C19H26N4OS. The van der Waals surface area contributed by atoms with Gasteiger partial charge in [-0.3, -0.25) is 20.6 Å². The fourth-order valence-corrected chi connectivity index (χ4v) is 3.85. The first kappa shape index (κ1) is 17.9. The fourth-order valence-electron chi connectivity index (χ4n) is 3.12. The van der Waals surface area contributed by atoms with Gasteiger partial charge in [0, 0.05) is 23.1 Å². The van der Waals surface area contributed by atoms with Gasteiger partial charge in [-0.1, -0.05) is 50.6 Å². The minimum Gasteiger partial charge on any atom is -0.326 e. The molecule has 0 unspecified atom stereocenters. The Morgan fingerprint density at radius 3 is 2.64 bits per heavy atom. The van der Waals surface area contributed by atoms with Gasteiger partial charge in [-0.2, -0.15) is 0 Å². The first-order chi connectivity index (χ1) is 12.2. The molecule has 0 radical (unpaired) electrons. The molecule has 1 aromatic carbocycles. The molecule has 2 aliphatic rings. The lowest BCUT2D eigenvalue weighted by atomic mass is 9.86. The van der Waals surface area contributed by atoms with Crippen molar-refractivity contribution < 1.29 is 4.79 Å². The van der Waals surface area contributed by atoms with Crippen LogP contribution in [-0.4, -0.2) is 17.1 Å². The molecule has 1 amide bonds. The van der Waals surface area contributed by atoms with E-state index in [-0.39, 0.29) is 5.91 Å². The van der Waals surface area contributed by atoms with E-state index >= 15 is 0 Å². The third kappa shape index (κ3) is 4.78. The summed E-state index contributed by atoms with van der Waals surface area (Å²) in [6.07, 6.45) is 5.57. The van der Waals surface area contributed by atoms with Crippen molar-refractivity contribution in [3.8, 4) is 0 Å². The van der Waals surface area contributed by atoms with Crippen molar-refractivity contribution in [1.82, 2.24) is 10.9 Å². The Morgan fingerprint density at radius 2 is 2.00 bits per heavy atom. The lowest BCUT2D eigenvalue weighted by molar-refractivity contribution is -0.115. The summed E-state index contributed by atoms with van der Waals surface area (Å²) < 4.78 is 0. The highest BCUT2D eigenvalue weighted by molar-refractivity contribution is 8.16. The number of anilines is 1. The second-order valence-corrected chi connectivity index (χ2v) is 7.50. The predicted octanol–water partition coefficient (Wildman–Crippen LogP) is 4.11. The second kappa shape index (κ2) is 8.43. The Hall–Kier alpha value is -1.95. The van der Waals surface area contributed by atoms with Gasteiger partial charge in [-0.15, -0.1) is 0 Å². The number of aliphatic imine (C=N–C) groups is 1. The van der Waals surface area contributed by atoms with E-state index in [2.05, 4.69) is 28.5 Å². The van der Waals surface area contributed by atoms with Crippen LogP contribution in [-0.2, 0) is 4.79 Å². The number of thioether (sulfide) groups is 1. The van der Waals surface area contributed by atoms with Gasteiger partial charge >= 0.3 is 0 Å². The van der Waals surface area contributed by atoms with Gasteiger partial charge in [0.15, 0.2) is 5.17 Å². The third-order valence-corrected chi connectivity index (χ3v) is 5.53. The Kier molecular flexibility index (Phi) is 6.02. The zero-order valence-electron chi connectivity index (χ0n) is 14.8. The van der Waals surface area contributed by atoms with Crippen molar-refractivity contribution in [2.75, 3.05) is 5.32 Å². The number of nitrogens with zero attached hydrogens (tertiary/aromatic N) is 1. The smallest absolute Gasteiger partial charge is 0.224 e. The quantitative estimate of drug-likeness (QED) is 0.758. The van der Waals surface area contributed by atoms with Crippen LogP contribution in [0, 0.1) is 5.92 Å². The van der Waals surface area contributed by atoms with Gasteiger partial charge in [0.25, 0.3) is 0 Å². The number of hydrazine groups is 1. The number of rotatable bonds is 4. The molecule has 1 aliphatic heterocycles. The normalized spacial score (nSPS) is 24.9. The zero-order valence-corrected chi connectivity index (χ0v) is 15.7. The number of nitrogens with one attached hydrogen (secondary N) is 3. The van der Waals surface area contributed by atoms with Crippen LogP contribution in [0.4, 0.5) is 5.69 Å². The van der Waals surface area contributed by atoms with Crippen LogP contribution in [0.5, 0.6) is 0 Å². The highest BCUT2D eigenvalue weighted by Crippen LogP contribution is 2.28. The highest BCUT2D eigenvalue weighted by atomic mass is 32.2. The van der Waals surface area contributed by atoms with E-state index in [0.29, 0.717) is 18.4 Å². The zero-order chi connectivity index (χ0) is 17.6. The monoisotopic (exact) mass is 358 g/mol. The fraction of sp³-hybridized carbons (Fsp3) is 0.474. The average Bonchev–Trinajstić information content (AvgIpc) is 2.65. The van der Waals surface area contributed by atoms with E-state index in [1.54, 1.807) is 11.8 Å². The van der Waals surface area contributed by atoms with Crippen LogP contribution in [0.15, 0.2) is 34.7 Å². The van der Waals surface area contributed by atoms with E-state index in [0.717, 1.165) is 22.1 Å². The lowest BCUT2D eigenvalue weighted by Crippen LogP contribution is -2.38. The molecule has 0 bridgehead atoms. The molecule has 0 aromatic heterocycles. The molecule has 3 rings (SSSR count). The largest absolute Gasteiger partial charge is 0.326 e. The molecule has 1 heterocycles. The molecule has 134 valence electrons. The van der Waals surface area contributed by atoms with E-state index in [9.17, 15) is 4.79 Å². The summed E-state index contributed by atoms with van der Waals surface area (Å²) >= 11 is 1.62. The SMILES string of the molecule is CCC(=O)Nc1ccc(C2=CSC(=N[C@@H]3CCCC[C@@H]3C)NN2)cc1. The molecule has 1 aliphatic carbocycles. The van der Waals surface area contributed by atoms with Gasteiger partial charge < -0.3 is 5.32 Å². The van der Waals surface area contributed by atoms with Crippen molar-refractivity contribution in [2.24, 2.45) is 10.9 Å². The van der Waals surface area contributed by atoms with Crippen LogP contribution >= 0.6 is 11.8 Å². The topological polar surface area (TPSA) is 65.5 Å². The minimum atomic E-state index is 0.0257. The molecule has 6 heteroatoms. The van der Waals surface area contributed by atoms with Gasteiger partial charge in [0.05, 0.1) is 11.7 Å². The summed E-state index contributed by atoms with van der Waals surface area (Å²) in [6.45, 7) is 4.14. The number of hydrogen-bond acceptors (Lipinski definition) is 4. The molecular weight excluding hydrogens is 332 g/mol. The standard InChI is InChI=1S/C19H26N4OS/c1-3-18(24)20-15-10-8-14(9-11-15)17-12-25-19(23-22-17)21-16-7-5-4-6-13(16)2/h8-13,16,22H,3-7H2,1-2H3,(H,20,24)(H,21,23)/t13-,16+/m0/s1. The number of hydrogen-bond donors (Lipinski definition) is 3. The minimum absolute atomic E-state index is 0.0257. The van der Waals surface area contributed by atoms with E-state index < -0.39 is 0 Å². The first-order valence-corrected chi connectivity index (χ1v) is 9.90. The molecule has 1 saturated carbocycles. The van der Waals surface area contributed by atoms with Crippen molar-refractivity contribution in [3.05, 3.63) is 35.2 Å². The van der Waals surface area contributed by atoms with E-state index in [4.69, 9.17) is 4.99 Å². The molecule has 0 spiro atoms. The van der Waals surface area contributed by atoms with Crippen LogP contribution < -0.4 is 16.2 Å². The first-order valence-electron chi connectivity index (χ1n) is 9.02. The average molecular weight is 359 g/mol. The van der Waals surface area contributed by atoms with E-state index in [1.165, 1.54) is 25.7 Å². The molecule has 25 heavy (non-hydrogen) atoms. The molecule has 5 nitrogen and oxygen atoms in total. The number of benzene rings is 1. The van der Waals surface area contributed by atoms with Crippen molar-refractivity contribution in [2.45, 2.75) is 52.0 Å². The van der Waals surface area contributed by atoms with Crippen LogP contribution in [0.25, 0.3) is 5.70 Å². The van der Waals surface area contributed by atoms with Crippen LogP contribution in [0.1, 0.15) is 51.5 Å². The number of carbonyl (C=O) groups excluding carboxylic acids is 1. The van der Waals surface area contributed by atoms with E-state index in [1.807, 2.05) is 31.2 Å². The summed E-state index contributed by atoms with van der Waals surface area (Å²) in [7, 11) is 0. The maximum absolute atomic E-state index is 11.4. The molecule has 2 atom stereocenters. The van der Waals surface area contributed by atoms with Crippen molar-refractivity contribution >= 4 is 34.2 Å². The van der Waals surface area contributed by atoms with Crippen molar-refractivity contribution in [1.29, 1.82) is 0 Å². The highest BCUT2D eigenvalue weighted by Gasteiger charge is 2.22.